The smallest absolute Gasteiger partial charge is 0.407 e. The van der Waals surface area contributed by atoms with E-state index in [1.54, 1.807) is 0 Å². The number of carbonyl (C=O) groups is 1. The highest BCUT2D eigenvalue weighted by Gasteiger charge is 2.25. The predicted octanol–water partition coefficient (Wildman–Crippen LogP) is 3.09. The van der Waals surface area contributed by atoms with Crippen molar-refractivity contribution in [1.29, 1.82) is 0 Å². The molecule has 0 radical (unpaired) electrons. The third-order valence-corrected chi connectivity index (χ3v) is 3.88. The lowest BCUT2D eigenvalue weighted by Gasteiger charge is -2.20. The first-order valence-corrected chi connectivity index (χ1v) is 8.90. The number of ether oxygens (including phenoxy) is 2. The molecule has 1 aromatic rings. The van der Waals surface area contributed by atoms with Crippen LogP contribution >= 0.6 is 0 Å². The zero-order chi connectivity index (χ0) is 18.4. The lowest BCUT2D eigenvalue weighted by Crippen LogP contribution is -2.38. The molecule has 0 fully saturated rings. The van der Waals surface area contributed by atoms with E-state index in [1.807, 2.05) is 32.9 Å². The molecule has 1 aromatic carbocycles. The second-order valence-electron chi connectivity index (χ2n) is 7.56. The highest BCUT2D eigenvalue weighted by Crippen LogP contribution is 2.31. The SMILES string of the molecule is CC(CCCO)Nc1ccc2c(c1)CC(CNC(=O)OC(C)(C)C)O2. The van der Waals surface area contributed by atoms with Gasteiger partial charge in [-0.1, -0.05) is 0 Å². The Kier molecular flexibility index (Phi) is 6.53. The van der Waals surface area contributed by atoms with Crippen LogP contribution in [0, 0.1) is 0 Å². The van der Waals surface area contributed by atoms with E-state index in [0.717, 1.165) is 36.3 Å². The Bertz CT molecular complexity index is 583. The molecule has 6 heteroatoms. The number of aliphatic hydroxyl groups is 1. The molecule has 0 saturated heterocycles. The number of benzene rings is 1. The zero-order valence-electron chi connectivity index (χ0n) is 15.6. The monoisotopic (exact) mass is 350 g/mol. The van der Waals surface area contributed by atoms with E-state index in [4.69, 9.17) is 14.6 Å². The molecular weight excluding hydrogens is 320 g/mol. The molecule has 1 aliphatic rings. The summed E-state index contributed by atoms with van der Waals surface area (Å²) in [5, 5.41) is 15.1. The minimum Gasteiger partial charge on any atom is -0.488 e. The van der Waals surface area contributed by atoms with Gasteiger partial charge in [0.15, 0.2) is 0 Å². The molecule has 0 saturated carbocycles. The Labute approximate surface area is 149 Å². The maximum absolute atomic E-state index is 11.7. The van der Waals surface area contributed by atoms with Crippen molar-refractivity contribution in [1.82, 2.24) is 5.32 Å². The Morgan fingerprint density at radius 1 is 1.44 bits per heavy atom. The van der Waals surface area contributed by atoms with Crippen molar-refractivity contribution in [2.45, 2.75) is 64.7 Å². The van der Waals surface area contributed by atoms with Crippen molar-refractivity contribution < 1.29 is 19.4 Å². The number of amides is 1. The van der Waals surface area contributed by atoms with Crippen LogP contribution in [0.4, 0.5) is 10.5 Å². The van der Waals surface area contributed by atoms with Gasteiger partial charge >= 0.3 is 6.09 Å². The van der Waals surface area contributed by atoms with Gasteiger partial charge in [0, 0.05) is 24.8 Å². The zero-order valence-corrected chi connectivity index (χ0v) is 15.6. The van der Waals surface area contributed by atoms with Gasteiger partial charge in [0.05, 0.1) is 6.54 Å². The Morgan fingerprint density at radius 2 is 2.20 bits per heavy atom. The van der Waals surface area contributed by atoms with Crippen LogP contribution in [-0.4, -0.2) is 42.1 Å². The van der Waals surface area contributed by atoms with E-state index in [1.165, 1.54) is 0 Å². The van der Waals surface area contributed by atoms with Gasteiger partial charge in [-0.05, 0) is 64.3 Å². The summed E-state index contributed by atoms with van der Waals surface area (Å²) in [4.78, 5) is 11.7. The van der Waals surface area contributed by atoms with E-state index in [-0.39, 0.29) is 12.7 Å². The third kappa shape index (κ3) is 6.46. The minimum absolute atomic E-state index is 0.0791. The number of aliphatic hydroxyl groups excluding tert-OH is 1. The fraction of sp³-hybridized carbons (Fsp3) is 0.632. The molecule has 140 valence electrons. The number of rotatable bonds is 7. The summed E-state index contributed by atoms with van der Waals surface area (Å²) >= 11 is 0. The van der Waals surface area contributed by atoms with Gasteiger partial charge in [-0.15, -0.1) is 0 Å². The molecule has 3 N–H and O–H groups in total. The molecule has 2 rings (SSSR count). The van der Waals surface area contributed by atoms with Crippen LogP contribution in [0.1, 0.15) is 46.1 Å². The quantitative estimate of drug-likeness (QED) is 0.704. The fourth-order valence-corrected chi connectivity index (χ4v) is 2.79. The summed E-state index contributed by atoms with van der Waals surface area (Å²) in [6.07, 6.45) is 1.97. The van der Waals surface area contributed by atoms with Crippen molar-refractivity contribution in [3.63, 3.8) is 0 Å². The van der Waals surface area contributed by atoms with Crippen LogP contribution in [0.2, 0.25) is 0 Å². The van der Waals surface area contributed by atoms with Crippen LogP contribution in [0.3, 0.4) is 0 Å². The van der Waals surface area contributed by atoms with Crippen molar-refractivity contribution in [3.05, 3.63) is 23.8 Å². The van der Waals surface area contributed by atoms with Crippen LogP contribution in [0.15, 0.2) is 18.2 Å². The second kappa shape index (κ2) is 8.43. The first-order valence-electron chi connectivity index (χ1n) is 8.90. The summed E-state index contributed by atoms with van der Waals surface area (Å²) in [7, 11) is 0. The Hall–Kier alpha value is -1.95. The standard InChI is InChI=1S/C19H30N2O4/c1-13(6-5-9-22)21-15-7-8-17-14(10-15)11-16(24-17)12-20-18(23)25-19(2,3)4/h7-8,10,13,16,21-22H,5-6,9,11-12H2,1-4H3,(H,20,23). The van der Waals surface area contributed by atoms with Crippen LogP contribution in [-0.2, 0) is 11.2 Å². The van der Waals surface area contributed by atoms with Gasteiger partial charge in [0.1, 0.15) is 17.5 Å². The van der Waals surface area contributed by atoms with Crippen molar-refractivity contribution in [2.75, 3.05) is 18.5 Å². The normalized spacial score (nSPS) is 17.4. The minimum atomic E-state index is -0.503. The molecular formula is C19H30N2O4. The molecule has 1 amide bonds. The number of fused-ring (bicyclic) bond motifs is 1. The number of hydrogen-bond acceptors (Lipinski definition) is 5. The first kappa shape index (κ1) is 19.4. The molecule has 25 heavy (non-hydrogen) atoms. The van der Waals surface area contributed by atoms with Gasteiger partial charge in [-0.25, -0.2) is 4.79 Å². The highest BCUT2D eigenvalue weighted by molar-refractivity contribution is 5.67. The van der Waals surface area contributed by atoms with E-state index >= 15 is 0 Å². The average molecular weight is 350 g/mol. The predicted molar refractivity (Wildman–Crippen MR) is 98.2 cm³/mol. The van der Waals surface area contributed by atoms with E-state index in [2.05, 4.69) is 23.6 Å². The first-order chi connectivity index (χ1) is 11.8. The van der Waals surface area contributed by atoms with Gasteiger partial charge in [-0.3, -0.25) is 0 Å². The topological polar surface area (TPSA) is 79.8 Å². The van der Waals surface area contributed by atoms with Crippen molar-refractivity contribution in [2.24, 2.45) is 0 Å². The fourth-order valence-electron chi connectivity index (χ4n) is 2.79. The third-order valence-electron chi connectivity index (χ3n) is 3.88. The van der Waals surface area contributed by atoms with Gasteiger partial charge in [-0.2, -0.15) is 0 Å². The molecule has 2 atom stereocenters. The Morgan fingerprint density at radius 3 is 2.88 bits per heavy atom. The molecule has 0 bridgehead atoms. The maximum Gasteiger partial charge on any atom is 0.407 e. The number of anilines is 1. The van der Waals surface area contributed by atoms with E-state index in [0.29, 0.717) is 12.6 Å². The van der Waals surface area contributed by atoms with Gasteiger partial charge in [0.25, 0.3) is 0 Å². The summed E-state index contributed by atoms with van der Waals surface area (Å²) in [6.45, 7) is 8.25. The summed E-state index contributed by atoms with van der Waals surface area (Å²) in [5.41, 5.74) is 1.68. The van der Waals surface area contributed by atoms with E-state index < -0.39 is 11.7 Å². The summed E-state index contributed by atoms with van der Waals surface area (Å²) in [5.74, 6) is 0.865. The lowest BCUT2D eigenvalue weighted by molar-refractivity contribution is 0.0506. The average Bonchev–Trinajstić information content (AvgIpc) is 2.91. The van der Waals surface area contributed by atoms with Crippen LogP contribution < -0.4 is 15.4 Å². The number of alkyl carbamates (subject to hydrolysis) is 1. The van der Waals surface area contributed by atoms with Crippen molar-refractivity contribution >= 4 is 11.8 Å². The van der Waals surface area contributed by atoms with Crippen molar-refractivity contribution in [3.8, 4) is 5.75 Å². The van der Waals surface area contributed by atoms with Gasteiger partial charge < -0.3 is 25.2 Å². The van der Waals surface area contributed by atoms with Gasteiger partial charge in [0.2, 0.25) is 0 Å². The summed E-state index contributed by atoms with van der Waals surface area (Å²) < 4.78 is 11.1. The van der Waals surface area contributed by atoms with E-state index in [9.17, 15) is 4.79 Å². The largest absolute Gasteiger partial charge is 0.488 e. The van der Waals surface area contributed by atoms with Crippen LogP contribution in [0.25, 0.3) is 0 Å². The molecule has 0 aromatic heterocycles. The molecule has 1 aliphatic heterocycles. The molecule has 0 spiro atoms. The molecule has 2 unspecified atom stereocenters. The summed E-state index contributed by atoms with van der Waals surface area (Å²) in [6, 6.07) is 6.36. The number of nitrogens with one attached hydrogen (secondary N) is 2. The number of hydrogen-bond donors (Lipinski definition) is 3. The second-order valence-corrected chi connectivity index (χ2v) is 7.56. The lowest BCUT2D eigenvalue weighted by atomic mass is 10.1. The molecule has 0 aliphatic carbocycles. The Balaban J connectivity index is 1.83. The number of carbonyl (C=O) groups excluding carboxylic acids is 1. The molecule has 6 nitrogen and oxygen atoms in total. The molecule has 1 heterocycles. The maximum atomic E-state index is 11.7. The van der Waals surface area contributed by atoms with Crippen LogP contribution in [0.5, 0.6) is 5.75 Å². The highest BCUT2D eigenvalue weighted by atomic mass is 16.6.